The van der Waals surface area contributed by atoms with Crippen LogP contribution in [0.1, 0.15) is 18.1 Å². The minimum absolute atomic E-state index is 0.0308. The van der Waals surface area contributed by atoms with Gasteiger partial charge in [0.2, 0.25) is 0 Å². The Hall–Kier alpha value is -2.25. The zero-order valence-corrected chi connectivity index (χ0v) is 12.7. The quantitative estimate of drug-likeness (QED) is 0.463. The summed E-state index contributed by atoms with van der Waals surface area (Å²) in [5, 5.41) is 10.9. The lowest BCUT2D eigenvalue weighted by molar-refractivity contribution is -0.385. The molecule has 22 heavy (non-hydrogen) atoms. The van der Waals surface area contributed by atoms with Gasteiger partial charge in [0.15, 0.2) is 0 Å². The third kappa shape index (κ3) is 3.69. The van der Waals surface area contributed by atoms with E-state index in [1.165, 1.54) is 30.3 Å². The fourth-order valence-electron chi connectivity index (χ4n) is 1.91. The average Bonchev–Trinajstić information content (AvgIpc) is 2.53. The van der Waals surface area contributed by atoms with Crippen LogP contribution in [0.4, 0.5) is 5.69 Å². The summed E-state index contributed by atoms with van der Waals surface area (Å²) in [7, 11) is -3.95. The van der Waals surface area contributed by atoms with E-state index in [2.05, 4.69) is 0 Å². The summed E-state index contributed by atoms with van der Waals surface area (Å²) in [5.41, 5.74) is 1.05. The number of aryl methyl sites for hydroxylation is 1. The molecule has 2 rings (SSSR count). The molecule has 116 valence electrons. The Kier molecular flexibility index (Phi) is 4.89. The van der Waals surface area contributed by atoms with Crippen LogP contribution in [0.5, 0.6) is 0 Å². The molecule has 2 aromatic carbocycles. The summed E-state index contributed by atoms with van der Waals surface area (Å²) in [6, 6.07) is 12.2. The van der Waals surface area contributed by atoms with Crippen molar-refractivity contribution in [2.24, 2.45) is 0 Å². The number of para-hydroxylation sites is 1. The molecular weight excluding hydrogens is 306 g/mol. The minimum atomic E-state index is -3.95. The molecule has 0 atom stereocenters. The number of hydrogen-bond acceptors (Lipinski definition) is 5. The van der Waals surface area contributed by atoms with Crippen molar-refractivity contribution in [2.75, 3.05) is 0 Å². The molecule has 0 bridgehead atoms. The minimum Gasteiger partial charge on any atom is -0.261 e. The van der Waals surface area contributed by atoms with Crippen LogP contribution in [0.25, 0.3) is 0 Å². The zero-order valence-electron chi connectivity index (χ0n) is 11.9. The lowest BCUT2D eigenvalue weighted by Gasteiger charge is -2.07. The predicted molar refractivity (Wildman–Crippen MR) is 80.9 cm³/mol. The maximum Gasteiger partial charge on any atom is 0.297 e. The van der Waals surface area contributed by atoms with Gasteiger partial charge in [0.25, 0.3) is 15.8 Å². The Morgan fingerprint density at radius 1 is 1.09 bits per heavy atom. The Labute approximate surface area is 128 Å². The van der Waals surface area contributed by atoms with Crippen molar-refractivity contribution in [3.63, 3.8) is 0 Å². The fourth-order valence-corrected chi connectivity index (χ4v) is 2.80. The fraction of sp³-hybridized carbons (Fsp3) is 0.200. The molecule has 2 aromatic rings. The van der Waals surface area contributed by atoms with E-state index in [-0.39, 0.29) is 22.8 Å². The van der Waals surface area contributed by atoms with Crippen LogP contribution < -0.4 is 0 Å². The number of hydrogen-bond donors (Lipinski definition) is 0. The molecule has 0 unspecified atom stereocenters. The summed E-state index contributed by atoms with van der Waals surface area (Å²) in [6.45, 7) is 1.59. The molecule has 0 amide bonds. The van der Waals surface area contributed by atoms with Gasteiger partial charge in [0, 0.05) is 6.07 Å². The van der Waals surface area contributed by atoms with Crippen LogP contribution >= 0.6 is 0 Å². The van der Waals surface area contributed by atoms with Crippen molar-refractivity contribution in [1.82, 2.24) is 0 Å². The van der Waals surface area contributed by atoms with E-state index >= 15 is 0 Å². The van der Waals surface area contributed by atoms with Crippen LogP contribution in [-0.2, 0) is 27.3 Å². The van der Waals surface area contributed by atoms with E-state index in [1.54, 1.807) is 18.2 Å². The average molecular weight is 321 g/mol. The van der Waals surface area contributed by atoms with E-state index in [9.17, 15) is 18.5 Å². The molecule has 0 saturated heterocycles. The molecule has 0 N–H and O–H groups in total. The predicted octanol–water partition coefficient (Wildman–Crippen LogP) is 3.06. The van der Waals surface area contributed by atoms with Crippen LogP contribution in [-0.4, -0.2) is 13.3 Å². The van der Waals surface area contributed by atoms with Gasteiger partial charge < -0.3 is 0 Å². The van der Waals surface area contributed by atoms with Crippen LogP contribution in [0, 0.1) is 10.1 Å². The monoisotopic (exact) mass is 321 g/mol. The van der Waals surface area contributed by atoms with Crippen molar-refractivity contribution in [1.29, 1.82) is 0 Å². The first-order valence-electron chi connectivity index (χ1n) is 6.64. The molecular formula is C15H15NO5S. The van der Waals surface area contributed by atoms with Gasteiger partial charge >= 0.3 is 0 Å². The highest BCUT2D eigenvalue weighted by Gasteiger charge is 2.19. The smallest absolute Gasteiger partial charge is 0.261 e. The molecule has 6 nitrogen and oxygen atoms in total. The Morgan fingerprint density at radius 3 is 2.32 bits per heavy atom. The number of nitro groups is 1. The molecule has 0 radical (unpaired) electrons. The van der Waals surface area contributed by atoms with E-state index in [1.807, 2.05) is 6.92 Å². The topological polar surface area (TPSA) is 86.5 Å². The van der Waals surface area contributed by atoms with Crippen molar-refractivity contribution in [3.05, 3.63) is 69.8 Å². The summed E-state index contributed by atoms with van der Waals surface area (Å²) in [6.07, 6.45) is 0.803. The Morgan fingerprint density at radius 2 is 1.73 bits per heavy atom. The lowest BCUT2D eigenvalue weighted by Crippen LogP contribution is -2.07. The molecule has 7 heteroatoms. The molecule has 0 aliphatic heterocycles. The number of rotatable bonds is 6. The maximum atomic E-state index is 12.1. The highest BCUT2D eigenvalue weighted by Crippen LogP contribution is 2.21. The molecule has 0 fully saturated rings. The second-order valence-corrected chi connectivity index (χ2v) is 6.21. The molecule has 0 aliphatic rings. The zero-order chi connectivity index (χ0) is 16.2. The molecule has 0 aromatic heterocycles. The normalized spacial score (nSPS) is 11.3. The first-order valence-corrected chi connectivity index (χ1v) is 8.05. The Balaban J connectivity index is 2.18. The van der Waals surface area contributed by atoms with E-state index < -0.39 is 15.0 Å². The first kappa shape index (κ1) is 16.1. The van der Waals surface area contributed by atoms with E-state index in [0.717, 1.165) is 12.0 Å². The lowest BCUT2D eigenvalue weighted by atomic mass is 10.2. The largest absolute Gasteiger partial charge is 0.297 e. The third-order valence-electron chi connectivity index (χ3n) is 3.18. The summed E-state index contributed by atoms with van der Waals surface area (Å²) >= 11 is 0. The van der Waals surface area contributed by atoms with Gasteiger partial charge in [0.05, 0.1) is 22.0 Å². The number of benzene rings is 2. The van der Waals surface area contributed by atoms with Crippen molar-refractivity contribution in [2.45, 2.75) is 24.8 Å². The van der Waals surface area contributed by atoms with Gasteiger partial charge in [-0.05, 0) is 30.2 Å². The number of nitrogens with zero attached hydrogens (tertiary/aromatic N) is 1. The van der Waals surface area contributed by atoms with Crippen molar-refractivity contribution >= 4 is 15.8 Å². The highest BCUT2D eigenvalue weighted by atomic mass is 32.2. The van der Waals surface area contributed by atoms with E-state index in [4.69, 9.17) is 4.18 Å². The van der Waals surface area contributed by atoms with Crippen LogP contribution in [0.3, 0.4) is 0 Å². The summed E-state index contributed by atoms with van der Waals surface area (Å²) < 4.78 is 29.1. The van der Waals surface area contributed by atoms with Gasteiger partial charge in [-0.2, -0.15) is 8.42 Å². The Bertz CT molecular complexity index is 769. The van der Waals surface area contributed by atoms with Gasteiger partial charge in [-0.3, -0.25) is 14.3 Å². The molecule has 0 saturated carbocycles. The van der Waals surface area contributed by atoms with Gasteiger partial charge in [-0.15, -0.1) is 0 Å². The molecule has 0 aliphatic carbocycles. The third-order valence-corrected chi connectivity index (χ3v) is 4.46. The van der Waals surface area contributed by atoms with E-state index in [0.29, 0.717) is 0 Å². The second-order valence-electron chi connectivity index (χ2n) is 4.60. The van der Waals surface area contributed by atoms with Crippen LogP contribution in [0.2, 0.25) is 0 Å². The SMILES string of the molecule is CCc1ccc(S(=O)(=O)OCc2ccccc2[N+](=O)[O-])cc1. The molecule has 0 heterocycles. The van der Waals surface area contributed by atoms with Gasteiger partial charge in [0.1, 0.15) is 0 Å². The first-order chi connectivity index (χ1) is 10.4. The van der Waals surface area contributed by atoms with Crippen molar-refractivity contribution < 1.29 is 17.5 Å². The summed E-state index contributed by atoms with van der Waals surface area (Å²) in [4.78, 5) is 10.4. The second kappa shape index (κ2) is 6.67. The van der Waals surface area contributed by atoms with Gasteiger partial charge in [-0.25, -0.2) is 0 Å². The summed E-state index contributed by atoms with van der Waals surface area (Å²) in [5.74, 6) is 0. The van der Waals surface area contributed by atoms with Gasteiger partial charge in [-0.1, -0.05) is 31.2 Å². The molecule has 0 spiro atoms. The standard InChI is InChI=1S/C15H15NO5S/c1-2-12-7-9-14(10-8-12)22(19,20)21-11-13-5-3-4-6-15(13)16(17)18/h3-10H,2,11H2,1H3. The van der Waals surface area contributed by atoms with Crippen molar-refractivity contribution in [3.8, 4) is 0 Å². The highest BCUT2D eigenvalue weighted by molar-refractivity contribution is 7.86. The van der Waals surface area contributed by atoms with Crippen LogP contribution in [0.15, 0.2) is 53.4 Å². The maximum absolute atomic E-state index is 12.1. The number of nitro benzene ring substituents is 1.